The zero-order valence-corrected chi connectivity index (χ0v) is 7.18. The molecule has 61 valence electrons. The lowest BCUT2D eigenvalue weighted by molar-refractivity contribution is 0.628. The maximum Gasteiger partial charge on any atom is 0.156 e. The summed E-state index contributed by atoms with van der Waals surface area (Å²) in [6.45, 7) is 5.57. The minimum atomic E-state index is -0.184. The summed E-state index contributed by atoms with van der Waals surface area (Å²) in [5.41, 5.74) is 2.05. The molecule has 0 saturated heterocycles. The smallest absolute Gasteiger partial charge is 0.156 e. The first kappa shape index (κ1) is 9.05. The second kappa shape index (κ2) is 4.10. The van der Waals surface area contributed by atoms with E-state index >= 15 is 0 Å². The number of rotatable bonds is 3. The molecule has 0 aromatic heterocycles. The highest BCUT2D eigenvalue weighted by atomic mass is 19.1. The lowest BCUT2D eigenvalue weighted by Gasteiger charge is -2.02. The van der Waals surface area contributed by atoms with E-state index in [1.54, 1.807) is 18.2 Å². The third-order valence-corrected chi connectivity index (χ3v) is 1.75. The molecule has 0 bridgehead atoms. The Balaban J connectivity index is 2.82. The summed E-state index contributed by atoms with van der Waals surface area (Å²) in [4.78, 5) is 0. The molecule has 1 rings (SSSR count). The summed E-state index contributed by atoms with van der Waals surface area (Å²) >= 11 is 0. The number of hydrogen-bond donors (Lipinski definition) is 0. The minimum Gasteiger partial charge on any atom is -0.207 e. The summed E-state index contributed by atoms with van der Waals surface area (Å²) in [6, 6.07) is 4.80. The van der Waals surface area contributed by atoms with E-state index in [0.29, 0.717) is 0 Å². The molecule has 0 spiro atoms. The van der Waals surface area contributed by atoms with Gasteiger partial charge in [-0.15, -0.1) is 6.58 Å². The molecule has 0 fully saturated rings. The molecule has 0 aliphatic carbocycles. The van der Waals surface area contributed by atoms with Gasteiger partial charge in [0.2, 0.25) is 0 Å². The number of halogens is 1. The predicted molar refractivity (Wildman–Crippen MR) is 51.5 cm³/mol. The summed E-state index contributed by atoms with van der Waals surface area (Å²) in [6.07, 6.45) is 2.58. The largest absolute Gasteiger partial charge is 0.207 e. The Morgan fingerprint density at radius 1 is 1.58 bits per heavy atom. The second-order valence-electron chi connectivity index (χ2n) is 2.73. The van der Waals surface area contributed by atoms with E-state index in [0.717, 1.165) is 17.3 Å². The van der Waals surface area contributed by atoms with Crippen LogP contribution in [0.3, 0.4) is 0 Å². The average molecular weight is 161 g/mol. The third-order valence-electron chi connectivity index (χ3n) is 1.75. The Morgan fingerprint density at radius 3 is 3.00 bits per heavy atom. The van der Waals surface area contributed by atoms with Crippen LogP contribution in [0.2, 0.25) is 6.32 Å². The molecule has 2 heteroatoms. The molecule has 0 atom stereocenters. The highest BCUT2D eigenvalue weighted by Gasteiger charge is 1.99. The van der Waals surface area contributed by atoms with E-state index in [4.69, 9.17) is 0 Å². The summed E-state index contributed by atoms with van der Waals surface area (Å²) in [7, 11) is 1.96. The summed E-state index contributed by atoms with van der Waals surface area (Å²) in [5.74, 6) is -0.184. The van der Waals surface area contributed by atoms with Gasteiger partial charge in [0.1, 0.15) is 5.82 Å². The molecule has 0 aliphatic heterocycles. The molecule has 0 amide bonds. The van der Waals surface area contributed by atoms with Crippen molar-refractivity contribution in [2.24, 2.45) is 0 Å². The molecule has 0 saturated carbocycles. The normalized spacial score (nSPS) is 9.50. The summed E-state index contributed by atoms with van der Waals surface area (Å²) < 4.78 is 12.7. The van der Waals surface area contributed by atoms with Gasteiger partial charge in [-0.05, 0) is 19.1 Å². The van der Waals surface area contributed by atoms with Crippen molar-refractivity contribution < 1.29 is 4.39 Å². The Labute approximate surface area is 73.4 Å². The van der Waals surface area contributed by atoms with E-state index < -0.39 is 0 Å². The van der Waals surface area contributed by atoms with Crippen molar-refractivity contribution in [2.75, 3.05) is 0 Å². The van der Waals surface area contributed by atoms with Crippen molar-refractivity contribution in [1.82, 2.24) is 0 Å². The monoisotopic (exact) mass is 161 g/mol. The maximum absolute atomic E-state index is 12.7. The third kappa shape index (κ3) is 2.23. The fourth-order valence-electron chi connectivity index (χ4n) is 1.04. The minimum absolute atomic E-state index is 0.184. The second-order valence-corrected chi connectivity index (χ2v) is 2.73. The van der Waals surface area contributed by atoms with E-state index in [2.05, 4.69) is 6.58 Å². The molecule has 1 radical (unpaired) electrons. The first-order valence-electron chi connectivity index (χ1n) is 3.94. The fraction of sp³-hybridized carbons (Fsp3) is 0.200. The van der Waals surface area contributed by atoms with E-state index in [-0.39, 0.29) is 5.82 Å². The van der Waals surface area contributed by atoms with Gasteiger partial charge in [-0.25, -0.2) is 4.39 Å². The van der Waals surface area contributed by atoms with Crippen LogP contribution in [-0.2, 0) is 0 Å². The molecule has 0 N–H and O–H groups in total. The van der Waals surface area contributed by atoms with Crippen molar-refractivity contribution in [3.63, 3.8) is 0 Å². The standard InChI is InChI=1S/C10H11BF/c1-3-6-11-10-7-9(12)5-4-8(10)2/h3-5,7H,1,6H2,2H3. The van der Waals surface area contributed by atoms with Gasteiger partial charge in [-0.2, -0.15) is 0 Å². The zero-order valence-electron chi connectivity index (χ0n) is 7.18. The number of aryl methyl sites for hydroxylation is 1. The first-order valence-corrected chi connectivity index (χ1v) is 3.94. The molecular formula is C10H11BF. The van der Waals surface area contributed by atoms with Gasteiger partial charge in [-0.1, -0.05) is 29.5 Å². The highest BCUT2D eigenvalue weighted by Crippen LogP contribution is 1.98. The van der Waals surface area contributed by atoms with Crippen LogP contribution in [-0.4, -0.2) is 7.28 Å². The quantitative estimate of drug-likeness (QED) is 0.470. The Hall–Kier alpha value is -1.05. The van der Waals surface area contributed by atoms with Gasteiger partial charge in [0.05, 0.1) is 0 Å². The number of hydrogen-bond acceptors (Lipinski definition) is 0. The van der Waals surface area contributed by atoms with Crippen molar-refractivity contribution in [3.8, 4) is 0 Å². The lowest BCUT2D eigenvalue weighted by atomic mass is 9.66. The van der Waals surface area contributed by atoms with Crippen LogP contribution in [0.15, 0.2) is 30.9 Å². The van der Waals surface area contributed by atoms with Crippen LogP contribution in [0.25, 0.3) is 0 Å². The van der Waals surface area contributed by atoms with Crippen LogP contribution < -0.4 is 5.46 Å². The van der Waals surface area contributed by atoms with Gasteiger partial charge < -0.3 is 0 Å². The molecule has 1 aromatic rings. The van der Waals surface area contributed by atoms with Crippen molar-refractivity contribution in [1.29, 1.82) is 0 Å². The van der Waals surface area contributed by atoms with Gasteiger partial charge in [0, 0.05) is 0 Å². The fourth-order valence-corrected chi connectivity index (χ4v) is 1.04. The van der Waals surface area contributed by atoms with Crippen LogP contribution in [0.5, 0.6) is 0 Å². The van der Waals surface area contributed by atoms with Crippen LogP contribution >= 0.6 is 0 Å². The van der Waals surface area contributed by atoms with E-state index in [9.17, 15) is 4.39 Å². The van der Waals surface area contributed by atoms with Gasteiger partial charge >= 0.3 is 0 Å². The van der Waals surface area contributed by atoms with Crippen LogP contribution in [0.1, 0.15) is 5.56 Å². The Bertz CT molecular complexity index is 281. The Morgan fingerprint density at radius 2 is 2.33 bits per heavy atom. The number of benzene rings is 1. The van der Waals surface area contributed by atoms with Crippen molar-refractivity contribution in [3.05, 3.63) is 42.2 Å². The van der Waals surface area contributed by atoms with Crippen LogP contribution in [0.4, 0.5) is 4.39 Å². The molecule has 0 aliphatic rings. The van der Waals surface area contributed by atoms with Crippen LogP contribution in [0, 0.1) is 12.7 Å². The number of allylic oxidation sites excluding steroid dienone is 1. The lowest BCUT2D eigenvalue weighted by Crippen LogP contribution is -2.16. The predicted octanol–water partition coefficient (Wildman–Crippen LogP) is 2.07. The SMILES string of the molecule is C=CC[B]c1cc(F)ccc1C. The molecule has 1 aromatic carbocycles. The van der Waals surface area contributed by atoms with Crippen molar-refractivity contribution in [2.45, 2.75) is 13.2 Å². The molecular weight excluding hydrogens is 150 g/mol. The topological polar surface area (TPSA) is 0 Å². The molecule has 0 nitrogen and oxygen atoms in total. The van der Waals surface area contributed by atoms with E-state index in [1.165, 1.54) is 6.07 Å². The maximum atomic E-state index is 12.7. The zero-order chi connectivity index (χ0) is 8.97. The molecule has 0 heterocycles. The molecule has 0 unspecified atom stereocenters. The Kier molecular flexibility index (Phi) is 3.09. The summed E-state index contributed by atoms with van der Waals surface area (Å²) in [5, 5.41) is 0. The average Bonchev–Trinajstić information content (AvgIpc) is 2.07. The first-order chi connectivity index (χ1) is 5.74. The van der Waals surface area contributed by atoms with Gasteiger partial charge in [0.15, 0.2) is 7.28 Å². The van der Waals surface area contributed by atoms with Gasteiger partial charge in [0.25, 0.3) is 0 Å². The van der Waals surface area contributed by atoms with Gasteiger partial charge in [-0.3, -0.25) is 0 Å². The van der Waals surface area contributed by atoms with E-state index in [1.807, 2.05) is 14.2 Å². The van der Waals surface area contributed by atoms with Crippen molar-refractivity contribution >= 4 is 12.7 Å². The highest BCUT2D eigenvalue weighted by molar-refractivity contribution is 6.54. The molecule has 12 heavy (non-hydrogen) atoms.